The molecule has 8 saturated carbocycles. The summed E-state index contributed by atoms with van der Waals surface area (Å²) in [6.45, 7) is 2.45. The Morgan fingerprint density at radius 3 is 1.45 bits per heavy atom. The van der Waals surface area contributed by atoms with Crippen molar-refractivity contribution in [2.75, 3.05) is 12.4 Å². The van der Waals surface area contributed by atoms with Crippen molar-refractivity contribution < 1.29 is 33.4 Å². The zero-order valence-electron chi connectivity index (χ0n) is 26.7. The van der Waals surface area contributed by atoms with Gasteiger partial charge in [-0.05, 0) is 147 Å². The van der Waals surface area contributed by atoms with Crippen molar-refractivity contribution in [2.45, 2.75) is 107 Å². The smallest absolute Gasteiger partial charge is 0.261 e. The van der Waals surface area contributed by atoms with Crippen molar-refractivity contribution >= 4 is 23.7 Å². The van der Waals surface area contributed by atoms with E-state index >= 15 is 0 Å². The number of hydrogen-bond donors (Lipinski definition) is 1. The van der Waals surface area contributed by atoms with Crippen LogP contribution in [0.5, 0.6) is 0 Å². The number of rotatable bonds is 6. The monoisotopic (exact) mass is 728 g/mol. The molecular weight excluding hydrogens is 676 g/mol. The van der Waals surface area contributed by atoms with Crippen molar-refractivity contribution in [1.29, 1.82) is 0 Å². The van der Waals surface area contributed by atoms with Gasteiger partial charge in [0.2, 0.25) is 0 Å². The molecule has 0 spiro atoms. The molecule has 2 N–H and O–H groups in total. The molecule has 44 heavy (non-hydrogen) atoms. The fourth-order valence-electron chi connectivity index (χ4n) is 11.4. The van der Waals surface area contributed by atoms with E-state index in [2.05, 4.69) is 6.92 Å². The van der Waals surface area contributed by atoms with Gasteiger partial charge in [0.25, 0.3) is 10.1 Å². The van der Waals surface area contributed by atoms with Gasteiger partial charge in [0, 0.05) is 20.4 Å². The summed E-state index contributed by atoms with van der Waals surface area (Å²) < 4.78 is 25.9. The standard InChI is InChI=1S/C24H39P.C12H10N.CH4O3S.Pd/c1-2-3-4-25(23-11-17-5-18(12-23)7-19(6-17)13-23)24-14-20-8-21(15-24)10-22(9-20)16-24;13-12-9-5-4-8-11(12)10-6-2-1-3-7-10;1-5(2,3)4;/h17-22H,2-16H2,1H3;1-9,13H;1H3,(H,2,3,4);/q;-1;;. The Labute approximate surface area is 282 Å². The first-order chi connectivity index (χ1) is 20.5. The quantitative estimate of drug-likeness (QED) is 0.183. The molecule has 0 radical (unpaired) electrons. The summed E-state index contributed by atoms with van der Waals surface area (Å²) in [5.74, 6) is 6.95. The fourth-order valence-corrected chi connectivity index (χ4v) is 16.9. The van der Waals surface area contributed by atoms with Gasteiger partial charge in [-0.2, -0.15) is 8.42 Å². The molecule has 0 heterocycles. The van der Waals surface area contributed by atoms with E-state index in [0.717, 1.165) is 56.9 Å². The van der Waals surface area contributed by atoms with E-state index in [-0.39, 0.29) is 28.3 Å². The van der Waals surface area contributed by atoms with Gasteiger partial charge in [-0.25, -0.2) is 0 Å². The van der Waals surface area contributed by atoms with Gasteiger partial charge in [-0.1, -0.05) is 75.9 Å². The third kappa shape index (κ3) is 7.85. The number of benzene rings is 2. The van der Waals surface area contributed by atoms with E-state index in [1.54, 1.807) is 89.6 Å². The van der Waals surface area contributed by atoms with Crippen molar-refractivity contribution in [3.63, 3.8) is 0 Å². The van der Waals surface area contributed by atoms with Gasteiger partial charge in [0.15, 0.2) is 0 Å². The molecule has 246 valence electrons. The predicted molar refractivity (Wildman–Crippen MR) is 182 cm³/mol. The normalized spacial score (nSPS) is 36.3. The number of unbranched alkanes of at least 4 members (excludes halogenated alkanes) is 1. The van der Waals surface area contributed by atoms with E-state index in [1.807, 2.05) is 54.6 Å². The molecular formula is C37H53NO3PPdS-. The SMILES string of the molecule is CCCCP(C12CC3CC(CC(C3)C1)C2)C12CC3CC(CC(C3)C1)C2.CS(=O)(=O)O.[NH-]c1ccccc1-c1ccccc1.[Pd]. The summed E-state index contributed by atoms with van der Waals surface area (Å²) in [6.07, 6.45) is 25.3. The third-order valence-electron chi connectivity index (χ3n) is 11.9. The Hall–Kier alpha value is -0.758. The average Bonchev–Trinajstić information content (AvgIpc) is 2.92. The van der Waals surface area contributed by atoms with Gasteiger partial charge in [-0.15, -0.1) is 5.69 Å². The second-order valence-electron chi connectivity index (χ2n) is 15.4. The van der Waals surface area contributed by atoms with Crippen molar-refractivity contribution in [1.82, 2.24) is 0 Å². The summed E-state index contributed by atoms with van der Waals surface area (Å²) in [4.78, 5) is 0. The maximum atomic E-state index is 9.19. The minimum atomic E-state index is -3.67. The maximum absolute atomic E-state index is 9.19. The Morgan fingerprint density at radius 2 is 1.09 bits per heavy atom. The van der Waals surface area contributed by atoms with Crippen molar-refractivity contribution in [2.24, 2.45) is 35.5 Å². The van der Waals surface area contributed by atoms with Gasteiger partial charge in [0.1, 0.15) is 0 Å². The molecule has 8 fully saturated rings. The van der Waals surface area contributed by atoms with Gasteiger partial charge in [0.05, 0.1) is 6.26 Å². The van der Waals surface area contributed by atoms with Crippen LogP contribution in [0.3, 0.4) is 0 Å². The fraction of sp³-hybridized carbons (Fsp3) is 0.676. The summed E-state index contributed by atoms with van der Waals surface area (Å²) in [7, 11) is -3.38. The molecule has 0 saturated heterocycles. The summed E-state index contributed by atoms with van der Waals surface area (Å²) >= 11 is 0. The Morgan fingerprint density at radius 1 is 0.727 bits per heavy atom. The molecule has 2 aromatic rings. The number of nitrogens with one attached hydrogen (secondary N) is 1. The van der Waals surface area contributed by atoms with Crippen LogP contribution < -0.4 is 0 Å². The zero-order valence-corrected chi connectivity index (χ0v) is 30.0. The first kappa shape index (κ1) is 34.6. The van der Waals surface area contributed by atoms with Crippen LogP contribution in [-0.4, -0.2) is 35.7 Å². The van der Waals surface area contributed by atoms with Gasteiger partial charge < -0.3 is 5.73 Å². The Balaban J connectivity index is 0.000000171. The molecule has 0 amide bonds. The second-order valence-corrected chi connectivity index (χ2v) is 20.1. The average molecular weight is 729 g/mol. The molecule has 7 heteroatoms. The summed E-state index contributed by atoms with van der Waals surface area (Å²) in [5, 5.41) is 1.76. The summed E-state index contributed by atoms with van der Waals surface area (Å²) in [6, 6.07) is 17.6. The van der Waals surface area contributed by atoms with Crippen molar-refractivity contribution in [3.05, 3.63) is 60.3 Å². The van der Waals surface area contributed by atoms with E-state index in [0.29, 0.717) is 11.9 Å². The van der Waals surface area contributed by atoms with Crippen LogP contribution in [0, 0.1) is 35.5 Å². The van der Waals surface area contributed by atoms with Crippen LogP contribution >= 0.6 is 7.92 Å². The Kier molecular flexibility index (Phi) is 11.1. The molecule has 0 unspecified atom stereocenters. The molecule has 4 nitrogen and oxygen atoms in total. The minimum Gasteiger partial charge on any atom is -0.698 e. The van der Waals surface area contributed by atoms with Crippen LogP contribution in [0.15, 0.2) is 54.6 Å². The number of hydrogen-bond acceptors (Lipinski definition) is 2. The van der Waals surface area contributed by atoms with Crippen LogP contribution in [-0.2, 0) is 30.5 Å². The van der Waals surface area contributed by atoms with E-state index in [4.69, 9.17) is 10.3 Å². The molecule has 10 rings (SSSR count). The van der Waals surface area contributed by atoms with Crippen LogP contribution in [0.25, 0.3) is 16.9 Å². The zero-order chi connectivity index (χ0) is 30.2. The molecule has 8 aliphatic carbocycles. The van der Waals surface area contributed by atoms with E-state index in [1.165, 1.54) is 6.42 Å². The first-order valence-electron chi connectivity index (χ1n) is 17.1. The molecule has 0 atom stereocenters. The van der Waals surface area contributed by atoms with Crippen LogP contribution in [0.4, 0.5) is 5.69 Å². The van der Waals surface area contributed by atoms with Crippen LogP contribution in [0.2, 0.25) is 0 Å². The van der Waals surface area contributed by atoms with Gasteiger partial charge in [-0.3, -0.25) is 4.55 Å². The topological polar surface area (TPSA) is 78.2 Å². The van der Waals surface area contributed by atoms with Gasteiger partial charge >= 0.3 is 0 Å². The minimum absolute atomic E-state index is 0. The Bertz CT molecular complexity index is 1230. The molecule has 8 aliphatic rings. The predicted octanol–water partition coefficient (Wildman–Crippen LogP) is 10.7. The molecule has 8 bridgehead atoms. The molecule has 2 aromatic carbocycles. The summed E-state index contributed by atoms with van der Waals surface area (Å²) in [5.41, 5.74) is 10.4. The van der Waals surface area contributed by atoms with E-state index in [9.17, 15) is 8.42 Å². The van der Waals surface area contributed by atoms with E-state index < -0.39 is 10.1 Å². The third-order valence-corrected chi connectivity index (χ3v) is 16.1. The molecule has 0 aliphatic heterocycles. The van der Waals surface area contributed by atoms with Crippen LogP contribution in [0.1, 0.15) is 96.8 Å². The maximum Gasteiger partial charge on any atom is 0.261 e. The first-order valence-corrected chi connectivity index (χ1v) is 20.5. The van der Waals surface area contributed by atoms with Crippen molar-refractivity contribution in [3.8, 4) is 11.1 Å². The molecule has 0 aromatic heterocycles. The largest absolute Gasteiger partial charge is 0.698 e. The second kappa shape index (κ2) is 14.2.